The molecule has 1 aliphatic rings. The number of hydrogen-bond acceptors (Lipinski definition) is 5. The standard InChI is InChI=1S/C25H28N4OS/c1-19-8-9-21(18-20(19)2)23-10-11-24(27-26-23)28-13-15-29(16-14-28)25(30)12-17-31-22-6-4-3-5-7-22/h3-11,18H,12-17H2,1-2H3. The van der Waals surface area contributed by atoms with Crippen LogP contribution < -0.4 is 4.90 Å². The molecule has 0 atom stereocenters. The van der Waals surface area contributed by atoms with Gasteiger partial charge in [0.25, 0.3) is 0 Å². The first-order valence-electron chi connectivity index (χ1n) is 10.7. The average Bonchev–Trinajstić information content (AvgIpc) is 2.82. The maximum atomic E-state index is 12.6. The van der Waals surface area contributed by atoms with Crippen LogP contribution in [0.15, 0.2) is 65.6 Å². The number of rotatable bonds is 6. The quantitative estimate of drug-likeness (QED) is 0.533. The lowest BCUT2D eigenvalue weighted by Gasteiger charge is -2.35. The molecule has 1 amide bonds. The second kappa shape index (κ2) is 9.96. The van der Waals surface area contributed by atoms with E-state index in [4.69, 9.17) is 0 Å². The Hall–Kier alpha value is -2.86. The molecule has 0 saturated carbocycles. The van der Waals surface area contributed by atoms with Crippen molar-refractivity contribution < 1.29 is 4.79 Å². The van der Waals surface area contributed by atoms with E-state index in [1.807, 2.05) is 35.2 Å². The highest BCUT2D eigenvalue weighted by atomic mass is 32.2. The largest absolute Gasteiger partial charge is 0.352 e. The lowest BCUT2D eigenvalue weighted by molar-refractivity contribution is -0.131. The van der Waals surface area contributed by atoms with Crippen molar-refractivity contribution in [1.82, 2.24) is 15.1 Å². The zero-order valence-electron chi connectivity index (χ0n) is 18.1. The Morgan fingerprint density at radius 2 is 1.68 bits per heavy atom. The van der Waals surface area contributed by atoms with Crippen LogP contribution in [0.3, 0.4) is 0 Å². The molecule has 2 heterocycles. The maximum absolute atomic E-state index is 12.6. The zero-order chi connectivity index (χ0) is 21.6. The van der Waals surface area contributed by atoms with Gasteiger partial charge in [-0.05, 0) is 55.3 Å². The first kappa shape index (κ1) is 21.4. The molecule has 160 valence electrons. The molecule has 5 nitrogen and oxygen atoms in total. The molecule has 2 aromatic carbocycles. The van der Waals surface area contributed by atoms with Gasteiger partial charge in [0.05, 0.1) is 5.69 Å². The fourth-order valence-electron chi connectivity index (χ4n) is 3.66. The van der Waals surface area contributed by atoms with Crippen molar-refractivity contribution in [3.05, 3.63) is 71.8 Å². The van der Waals surface area contributed by atoms with Crippen molar-refractivity contribution in [3.8, 4) is 11.3 Å². The molecule has 31 heavy (non-hydrogen) atoms. The van der Waals surface area contributed by atoms with E-state index in [9.17, 15) is 4.79 Å². The van der Waals surface area contributed by atoms with Crippen LogP contribution in [0.25, 0.3) is 11.3 Å². The third-order valence-electron chi connectivity index (χ3n) is 5.74. The Kier molecular flexibility index (Phi) is 6.87. The summed E-state index contributed by atoms with van der Waals surface area (Å²) in [6, 6.07) is 20.7. The molecule has 3 aromatic rings. The molecule has 6 heteroatoms. The highest BCUT2D eigenvalue weighted by Crippen LogP contribution is 2.22. The van der Waals surface area contributed by atoms with Crippen molar-refractivity contribution in [2.75, 3.05) is 36.8 Å². The summed E-state index contributed by atoms with van der Waals surface area (Å²) in [4.78, 5) is 17.9. The van der Waals surface area contributed by atoms with Crippen molar-refractivity contribution in [3.63, 3.8) is 0 Å². The van der Waals surface area contributed by atoms with Gasteiger partial charge in [-0.1, -0.05) is 30.3 Å². The molecular formula is C25H28N4OS. The fraction of sp³-hybridized carbons (Fsp3) is 0.320. The number of hydrogen-bond donors (Lipinski definition) is 0. The Balaban J connectivity index is 1.27. The molecule has 0 N–H and O–H groups in total. The van der Waals surface area contributed by atoms with Crippen LogP contribution in [0.1, 0.15) is 17.5 Å². The molecule has 0 unspecified atom stereocenters. The highest BCUT2D eigenvalue weighted by molar-refractivity contribution is 7.99. The molecule has 0 spiro atoms. The van der Waals surface area contributed by atoms with Gasteiger partial charge in [-0.15, -0.1) is 22.0 Å². The number of aromatic nitrogens is 2. The molecule has 0 radical (unpaired) electrons. The van der Waals surface area contributed by atoms with E-state index in [0.29, 0.717) is 6.42 Å². The monoisotopic (exact) mass is 432 g/mol. The minimum Gasteiger partial charge on any atom is -0.352 e. The number of aryl methyl sites for hydroxylation is 2. The van der Waals surface area contributed by atoms with E-state index in [-0.39, 0.29) is 5.91 Å². The van der Waals surface area contributed by atoms with Gasteiger partial charge in [0, 0.05) is 48.8 Å². The maximum Gasteiger partial charge on any atom is 0.223 e. The highest BCUT2D eigenvalue weighted by Gasteiger charge is 2.22. The predicted molar refractivity (Wildman–Crippen MR) is 128 cm³/mol. The first-order valence-corrected chi connectivity index (χ1v) is 11.7. The second-order valence-electron chi connectivity index (χ2n) is 7.86. The number of carbonyl (C=O) groups is 1. The van der Waals surface area contributed by atoms with Crippen LogP contribution in [-0.2, 0) is 4.79 Å². The molecule has 0 bridgehead atoms. The third kappa shape index (κ3) is 5.44. The molecule has 4 rings (SSSR count). The van der Waals surface area contributed by atoms with Gasteiger partial charge in [0.1, 0.15) is 0 Å². The third-order valence-corrected chi connectivity index (χ3v) is 6.75. The van der Waals surface area contributed by atoms with Gasteiger partial charge < -0.3 is 9.80 Å². The molecule has 1 saturated heterocycles. The number of thioether (sulfide) groups is 1. The Bertz CT molecular complexity index is 1020. The fourth-order valence-corrected chi connectivity index (χ4v) is 4.53. The van der Waals surface area contributed by atoms with Crippen molar-refractivity contribution in [2.24, 2.45) is 0 Å². The summed E-state index contributed by atoms with van der Waals surface area (Å²) < 4.78 is 0. The van der Waals surface area contributed by atoms with Crippen molar-refractivity contribution in [2.45, 2.75) is 25.2 Å². The summed E-state index contributed by atoms with van der Waals surface area (Å²) in [5.74, 6) is 1.92. The van der Waals surface area contributed by atoms with Crippen molar-refractivity contribution in [1.29, 1.82) is 0 Å². The SMILES string of the molecule is Cc1ccc(-c2ccc(N3CCN(C(=O)CCSc4ccccc4)CC3)nn2)cc1C. The van der Waals surface area contributed by atoms with Gasteiger partial charge in [-0.2, -0.15) is 0 Å². The van der Waals surface area contributed by atoms with Gasteiger partial charge >= 0.3 is 0 Å². The van der Waals surface area contributed by atoms with Crippen molar-refractivity contribution >= 4 is 23.5 Å². The molecule has 1 aliphatic heterocycles. The summed E-state index contributed by atoms with van der Waals surface area (Å²) in [6.45, 7) is 7.26. The molecule has 1 fully saturated rings. The number of nitrogens with zero attached hydrogens (tertiary/aromatic N) is 4. The Labute approximate surface area is 188 Å². The van der Waals surface area contributed by atoms with Crippen LogP contribution in [0.4, 0.5) is 5.82 Å². The summed E-state index contributed by atoms with van der Waals surface area (Å²) in [6.07, 6.45) is 0.573. The number of benzene rings is 2. The average molecular weight is 433 g/mol. The van der Waals surface area contributed by atoms with E-state index in [2.05, 4.69) is 59.3 Å². The van der Waals surface area contributed by atoms with Gasteiger partial charge in [-0.25, -0.2) is 0 Å². The first-order chi connectivity index (χ1) is 15.1. The molecular weight excluding hydrogens is 404 g/mol. The number of amides is 1. The van der Waals surface area contributed by atoms with Gasteiger partial charge in [-0.3, -0.25) is 4.79 Å². The van der Waals surface area contributed by atoms with Crippen LogP contribution in [0, 0.1) is 13.8 Å². The van der Waals surface area contributed by atoms with Crippen LogP contribution >= 0.6 is 11.8 Å². The zero-order valence-corrected chi connectivity index (χ0v) is 18.9. The lowest BCUT2D eigenvalue weighted by Crippen LogP contribution is -2.49. The normalized spacial score (nSPS) is 14.0. The van der Waals surface area contributed by atoms with E-state index in [1.54, 1.807) is 11.8 Å². The minimum atomic E-state index is 0.235. The summed E-state index contributed by atoms with van der Waals surface area (Å²) in [7, 11) is 0. The smallest absolute Gasteiger partial charge is 0.223 e. The number of piperazine rings is 1. The van der Waals surface area contributed by atoms with E-state index in [0.717, 1.165) is 49.0 Å². The Morgan fingerprint density at radius 3 is 2.35 bits per heavy atom. The molecule has 0 aliphatic carbocycles. The topological polar surface area (TPSA) is 49.3 Å². The second-order valence-corrected chi connectivity index (χ2v) is 9.02. The number of carbonyl (C=O) groups excluding carboxylic acids is 1. The van der Waals surface area contributed by atoms with Crippen LogP contribution in [0.2, 0.25) is 0 Å². The van der Waals surface area contributed by atoms with E-state index >= 15 is 0 Å². The predicted octanol–water partition coefficient (Wildman–Crippen LogP) is 4.59. The molecule has 1 aromatic heterocycles. The summed E-state index contributed by atoms with van der Waals surface area (Å²) in [5, 5.41) is 8.90. The Morgan fingerprint density at radius 1 is 0.903 bits per heavy atom. The minimum absolute atomic E-state index is 0.235. The summed E-state index contributed by atoms with van der Waals surface area (Å²) >= 11 is 1.74. The van der Waals surface area contributed by atoms with Crippen LogP contribution in [-0.4, -0.2) is 52.9 Å². The lowest BCUT2D eigenvalue weighted by atomic mass is 10.0. The van der Waals surface area contributed by atoms with Gasteiger partial charge in [0.15, 0.2) is 5.82 Å². The summed E-state index contributed by atoms with van der Waals surface area (Å²) in [5.41, 5.74) is 4.51. The van der Waals surface area contributed by atoms with E-state index < -0.39 is 0 Å². The van der Waals surface area contributed by atoms with Crippen LogP contribution in [0.5, 0.6) is 0 Å². The number of anilines is 1. The van der Waals surface area contributed by atoms with Gasteiger partial charge in [0.2, 0.25) is 5.91 Å². The van der Waals surface area contributed by atoms with E-state index in [1.165, 1.54) is 16.0 Å².